The first kappa shape index (κ1) is 27.3. The third kappa shape index (κ3) is 6.14. The zero-order valence-electron chi connectivity index (χ0n) is 21.5. The molecule has 0 spiro atoms. The molecule has 2 amide bonds. The number of carbonyl (C=O) groups is 3. The van der Waals surface area contributed by atoms with Crippen molar-refractivity contribution in [3.8, 4) is 11.4 Å². The van der Waals surface area contributed by atoms with Crippen molar-refractivity contribution in [2.45, 2.75) is 37.6 Å². The first-order valence-corrected chi connectivity index (χ1v) is 12.6. The molecule has 2 atom stereocenters. The van der Waals surface area contributed by atoms with Gasteiger partial charge in [-0.25, -0.2) is 4.79 Å². The molecule has 0 saturated carbocycles. The van der Waals surface area contributed by atoms with Gasteiger partial charge in [-0.3, -0.25) is 14.5 Å². The Hall–Kier alpha value is -4.26. The van der Waals surface area contributed by atoms with Crippen LogP contribution in [0.3, 0.4) is 0 Å². The Bertz CT molecular complexity index is 1410. The minimum Gasteiger partial charge on any atom is -0.454 e. The molecule has 3 heterocycles. The third-order valence-corrected chi connectivity index (χ3v) is 7.07. The monoisotopic (exact) mass is 557 g/mol. The molecule has 1 saturated heterocycles. The van der Waals surface area contributed by atoms with Gasteiger partial charge in [0.15, 0.2) is 0 Å². The number of anilines is 1. The SMILES string of the molecule is CN(C(=O)Cc1ccc2c(c1)NC(=O)C2)[C@H](CN1CC[C@H](OC(=O)C(F)(F)F)C1)c1cccc(-c2ncon2)c1. The van der Waals surface area contributed by atoms with E-state index in [9.17, 15) is 27.6 Å². The van der Waals surface area contributed by atoms with Gasteiger partial charge in [-0.2, -0.15) is 18.2 Å². The summed E-state index contributed by atoms with van der Waals surface area (Å²) in [5.74, 6) is -2.13. The molecule has 40 heavy (non-hydrogen) atoms. The Morgan fingerprint density at radius 3 is 2.83 bits per heavy atom. The van der Waals surface area contributed by atoms with Crippen molar-refractivity contribution in [2.24, 2.45) is 0 Å². The van der Waals surface area contributed by atoms with E-state index in [0.717, 1.165) is 16.7 Å². The average Bonchev–Trinajstić information content (AvgIpc) is 3.67. The summed E-state index contributed by atoms with van der Waals surface area (Å²) in [6, 6.07) is 12.2. The third-order valence-electron chi connectivity index (χ3n) is 7.07. The summed E-state index contributed by atoms with van der Waals surface area (Å²) in [6.07, 6.45) is -4.12. The largest absolute Gasteiger partial charge is 0.490 e. The van der Waals surface area contributed by atoms with E-state index in [-0.39, 0.29) is 37.7 Å². The Morgan fingerprint density at radius 1 is 1.25 bits per heavy atom. The minimum absolute atomic E-state index is 0.0759. The highest BCUT2D eigenvalue weighted by Crippen LogP contribution is 2.29. The van der Waals surface area contributed by atoms with E-state index in [1.807, 2.05) is 29.2 Å². The van der Waals surface area contributed by atoms with Crippen LogP contribution in [0.5, 0.6) is 0 Å². The van der Waals surface area contributed by atoms with Gasteiger partial charge in [-0.1, -0.05) is 35.5 Å². The van der Waals surface area contributed by atoms with E-state index in [1.54, 1.807) is 30.1 Å². The molecule has 2 aromatic carbocycles. The molecule has 2 aliphatic heterocycles. The number of carbonyl (C=O) groups excluding carboxylic acids is 3. The zero-order valence-corrected chi connectivity index (χ0v) is 21.5. The van der Waals surface area contributed by atoms with Crippen molar-refractivity contribution in [1.82, 2.24) is 19.9 Å². The molecule has 13 heteroatoms. The van der Waals surface area contributed by atoms with E-state index in [0.29, 0.717) is 30.0 Å². The number of halogens is 3. The fraction of sp³-hybridized carbons (Fsp3) is 0.370. The molecule has 0 radical (unpaired) electrons. The van der Waals surface area contributed by atoms with Gasteiger partial charge in [0.25, 0.3) is 0 Å². The van der Waals surface area contributed by atoms with Crippen molar-refractivity contribution in [2.75, 3.05) is 32.0 Å². The Labute approximate surface area is 227 Å². The van der Waals surface area contributed by atoms with Crippen molar-refractivity contribution in [1.29, 1.82) is 0 Å². The first-order valence-electron chi connectivity index (χ1n) is 12.6. The second-order valence-corrected chi connectivity index (χ2v) is 9.87. The molecule has 1 fully saturated rings. The summed E-state index contributed by atoms with van der Waals surface area (Å²) in [4.78, 5) is 44.1. The number of likely N-dealkylation sites (N-methyl/N-ethyl adjacent to an activating group) is 1. The molecule has 3 aromatic rings. The van der Waals surface area contributed by atoms with Gasteiger partial charge in [-0.05, 0) is 35.2 Å². The fourth-order valence-electron chi connectivity index (χ4n) is 5.00. The van der Waals surface area contributed by atoms with Gasteiger partial charge in [0.2, 0.25) is 24.0 Å². The van der Waals surface area contributed by atoms with Crippen LogP contribution in [0.15, 0.2) is 53.4 Å². The first-order chi connectivity index (χ1) is 19.1. The number of benzene rings is 2. The van der Waals surface area contributed by atoms with Crippen LogP contribution in [0, 0.1) is 0 Å². The molecule has 1 aromatic heterocycles. The fourth-order valence-corrected chi connectivity index (χ4v) is 5.00. The van der Waals surface area contributed by atoms with Gasteiger partial charge in [0.05, 0.1) is 18.9 Å². The highest BCUT2D eigenvalue weighted by atomic mass is 19.4. The van der Waals surface area contributed by atoms with Crippen molar-refractivity contribution >= 4 is 23.5 Å². The molecule has 1 N–H and O–H groups in total. The Balaban J connectivity index is 1.34. The predicted octanol–water partition coefficient (Wildman–Crippen LogP) is 3.15. The maximum atomic E-state index is 13.5. The minimum atomic E-state index is -5.06. The molecule has 10 nitrogen and oxygen atoms in total. The van der Waals surface area contributed by atoms with Crippen LogP contribution in [0.1, 0.15) is 29.2 Å². The second kappa shape index (κ2) is 11.1. The molecular weight excluding hydrogens is 531 g/mol. The van der Waals surface area contributed by atoms with Crippen molar-refractivity contribution in [3.05, 3.63) is 65.5 Å². The van der Waals surface area contributed by atoms with Crippen LogP contribution in [-0.4, -0.2) is 76.7 Å². The summed E-state index contributed by atoms with van der Waals surface area (Å²) < 4.78 is 47.5. The number of likely N-dealkylation sites (tertiary alicyclic amines) is 1. The van der Waals surface area contributed by atoms with E-state index in [1.165, 1.54) is 6.39 Å². The zero-order chi connectivity index (χ0) is 28.4. The number of amides is 2. The maximum absolute atomic E-state index is 13.5. The van der Waals surface area contributed by atoms with Crippen LogP contribution >= 0.6 is 0 Å². The predicted molar refractivity (Wildman–Crippen MR) is 135 cm³/mol. The number of rotatable bonds is 8. The lowest BCUT2D eigenvalue weighted by Crippen LogP contribution is -2.40. The Kier molecular flexibility index (Phi) is 7.57. The summed E-state index contributed by atoms with van der Waals surface area (Å²) in [5.41, 5.74) is 3.73. The summed E-state index contributed by atoms with van der Waals surface area (Å²) >= 11 is 0. The highest BCUT2D eigenvalue weighted by molar-refractivity contribution is 5.99. The van der Waals surface area contributed by atoms with E-state index in [4.69, 9.17) is 4.52 Å². The van der Waals surface area contributed by atoms with Gasteiger partial charge in [0, 0.05) is 37.9 Å². The van der Waals surface area contributed by atoms with Crippen molar-refractivity contribution in [3.63, 3.8) is 0 Å². The molecule has 5 rings (SSSR count). The van der Waals surface area contributed by atoms with Crippen LogP contribution in [0.4, 0.5) is 18.9 Å². The molecule has 0 bridgehead atoms. The quantitative estimate of drug-likeness (QED) is 0.420. The number of aromatic nitrogens is 2. The number of esters is 1. The number of ether oxygens (including phenoxy) is 1. The molecule has 210 valence electrons. The van der Waals surface area contributed by atoms with E-state index in [2.05, 4.69) is 20.2 Å². The number of nitrogens with one attached hydrogen (secondary N) is 1. The van der Waals surface area contributed by atoms with Crippen molar-refractivity contribution < 1.29 is 36.8 Å². The summed E-state index contributed by atoms with van der Waals surface area (Å²) in [5, 5.41) is 6.66. The highest BCUT2D eigenvalue weighted by Gasteiger charge is 2.43. The van der Waals surface area contributed by atoms with Gasteiger partial charge in [0.1, 0.15) is 6.10 Å². The lowest BCUT2D eigenvalue weighted by atomic mass is 10.0. The molecular formula is C27H26F3N5O5. The average molecular weight is 558 g/mol. The van der Waals surface area contributed by atoms with E-state index >= 15 is 0 Å². The molecule has 0 aliphatic carbocycles. The van der Waals surface area contributed by atoms with Gasteiger partial charge in [-0.15, -0.1) is 0 Å². The van der Waals surface area contributed by atoms with Gasteiger partial charge < -0.3 is 19.5 Å². The van der Waals surface area contributed by atoms with Gasteiger partial charge >= 0.3 is 12.1 Å². The van der Waals surface area contributed by atoms with Crippen LogP contribution < -0.4 is 5.32 Å². The standard InChI is InChI=1S/C27H26F3N5O5/c1-34(24(37)10-16-5-6-17-12-23(36)32-21(17)9-16)22(18-3-2-4-19(11-18)25-31-15-39-33-25)14-35-8-7-20(13-35)40-26(38)27(28,29)30/h2-6,9,11,15,20,22H,7-8,10,12-14H2,1H3,(H,32,36)/t20-,22+/m0/s1. The molecule has 2 aliphatic rings. The summed E-state index contributed by atoms with van der Waals surface area (Å²) in [7, 11) is 1.67. The molecule has 0 unspecified atom stereocenters. The van der Waals surface area contributed by atoms with Crippen LogP contribution in [-0.2, 0) is 32.0 Å². The Morgan fingerprint density at radius 2 is 2.08 bits per heavy atom. The topological polar surface area (TPSA) is 118 Å². The number of hydrogen-bond donors (Lipinski definition) is 1. The normalized spacial score (nSPS) is 17.8. The van der Waals surface area contributed by atoms with Crippen LogP contribution in [0.25, 0.3) is 11.4 Å². The van der Waals surface area contributed by atoms with E-state index < -0.39 is 24.3 Å². The second-order valence-electron chi connectivity index (χ2n) is 9.87. The lowest BCUT2D eigenvalue weighted by molar-refractivity contribution is -0.204. The lowest BCUT2D eigenvalue weighted by Gasteiger charge is -2.32. The number of fused-ring (bicyclic) bond motifs is 1. The number of nitrogens with zero attached hydrogens (tertiary/aromatic N) is 4. The smallest absolute Gasteiger partial charge is 0.454 e. The maximum Gasteiger partial charge on any atom is 0.490 e. The van der Waals surface area contributed by atoms with Crippen LogP contribution in [0.2, 0.25) is 0 Å². The summed E-state index contributed by atoms with van der Waals surface area (Å²) in [6.45, 7) is 0.789. The number of alkyl halides is 3. The number of hydrogen-bond acceptors (Lipinski definition) is 8.